The fourth-order valence-electron chi connectivity index (χ4n) is 1.91. The van der Waals surface area contributed by atoms with E-state index in [1.165, 1.54) is 0 Å². The van der Waals surface area contributed by atoms with Crippen LogP contribution in [-0.4, -0.2) is 36.2 Å². The van der Waals surface area contributed by atoms with Crippen LogP contribution in [-0.2, 0) is 10.6 Å². The topological polar surface area (TPSA) is 53.6 Å². The van der Waals surface area contributed by atoms with Gasteiger partial charge in [-0.05, 0) is 0 Å². The molecule has 19 heavy (non-hydrogen) atoms. The van der Waals surface area contributed by atoms with Crippen molar-refractivity contribution in [2.45, 2.75) is 12.3 Å². The molecule has 0 radical (unpaired) electrons. The normalized spacial score (nSPS) is 10.8. The van der Waals surface area contributed by atoms with Crippen molar-refractivity contribution in [2.24, 2.45) is 0 Å². The number of rotatable bonds is 7. The van der Waals surface area contributed by atoms with E-state index in [0.29, 0.717) is 32.0 Å². The van der Waals surface area contributed by atoms with Gasteiger partial charge in [-0.15, -0.1) is 22.9 Å². The number of nitriles is 1. The summed E-state index contributed by atoms with van der Waals surface area (Å²) < 4.78 is 7.11. The van der Waals surface area contributed by atoms with Gasteiger partial charge in [0.1, 0.15) is 0 Å². The molecule has 2 heterocycles. The van der Waals surface area contributed by atoms with Crippen molar-refractivity contribution in [1.82, 2.24) is 9.38 Å². The van der Waals surface area contributed by atoms with Crippen LogP contribution < -0.4 is 4.90 Å². The van der Waals surface area contributed by atoms with Gasteiger partial charge in [0, 0.05) is 31.8 Å². The number of methoxy groups -OCH3 is 1. The zero-order valence-corrected chi connectivity index (χ0v) is 12.2. The third-order valence-electron chi connectivity index (χ3n) is 2.82. The first-order valence-electron chi connectivity index (χ1n) is 5.93. The molecule has 0 aliphatic rings. The quantitative estimate of drug-likeness (QED) is 0.737. The van der Waals surface area contributed by atoms with Crippen molar-refractivity contribution in [3.05, 3.63) is 17.3 Å². The first-order valence-corrected chi connectivity index (χ1v) is 7.34. The number of nitrogens with zero attached hydrogens (tertiary/aromatic N) is 4. The SMILES string of the molecule is COCCN(CCC#N)c1nc2sccn2c1CCl. The van der Waals surface area contributed by atoms with E-state index in [1.807, 2.05) is 16.0 Å². The van der Waals surface area contributed by atoms with Gasteiger partial charge < -0.3 is 9.64 Å². The smallest absolute Gasteiger partial charge is 0.195 e. The Balaban J connectivity index is 2.31. The van der Waals surface area contributed by atoms with E-state index in [2.05, 4.69) is 16.0 Å². The fraction of sp³-hybridized carbons (Fsp3) is 0.500. The van der Waals surface area contributed by atoms with Crippen LogP contribution in [0.25, 0.3) is 4.96 Å². The molecule has 0 bridgehead atoms. The Labute approximate surface area is 121 Å². The summed E-state index contributed by atoms with van der Waals surface area (Å²) in [5, 5.41) is 10.7. The minimum atomic E-state index is 0.392. The molecule has 0 aliphatic carbocycles. The molecule has 2 aromatic rings. The van der Waals surface area contributed by atoms with E-state index < -0.39 is 0 Å². The largest absolute Gasteiger partial charge is 0.383 e. The predicted octanol–water partition coefficient (Wildman–Crippen LogP) is 2.50. The summed E-state index contributed by atoms with van der Waals surface area (Å²) in [6, 6.07) is 2.16. The lowest BCUT2D eigenvalue weighted by Gasteiger charge is -2.21. The van der Waals surface area contributed by atoms with Crippen LogP contribution in [0, 0.1) is 11.3 Å². The highest BCUT2D eigenvalue weighted by molar-refractivity contribution is 7.15. The van der Waals surface area contributed by atoms with Crippen LogP contribution in [0.3, 0.4) is 0 Å². The van der Waals surface area contributed by atoms with Gasteiger partial charge in [0.05, 0.1) is 30.7 Å². The Hall–Kier alpha value is -1.29. The first kappa shape index (κ1) is 14.1. The summed E-state index contributed by atoms with van der Waals surface area (Å²) in [5.41, 5.74) is 0.965. The summed E-state index contributed by atoms with van der Waals surface area (Å²) in [6.07, 6.45) is 2.42. The number of halogens is 1. The maximum Gasteiger partial charge on any atom is 0.195 e. The summed E-state index contributed by atoms with van der Waals surface area (Å²) in [5.74, 6) is 1.25. The van der Waals surface area contributed by atoms with Gasteiger partial charge in [0.2, 0.25) is 0 Å². The molecule has 0 amide bonds. The Morgan fingerprint density at radius 3 is 3.11 bits per heavy atom. The number of imidazole rings is 1. The number of hydrogen-bond donors (Lipinski definition) is 0. The van der Waals surface area contributed by atoms with Crippen LogP contribution in [0.4, 0.5) is 5.82 Å². The van der Waals surface area contributed by atoms with E-state index in [1.54, 1.807) is 18.4 Å². The zero-order chi connectivity index (χ0) is 13.7. The van der Waals surface area contributed by atoms with Gasteiger partial charge in [0.25, 0.3) is 0 Å². The number of anilines is 1. The first-order chi connectivity index (χ1) is 9.31. The van der Waals surface area contributed by atoms with E-state index in [0.717, 1.165) is 16.5 Å². The average molecular weight is 299 g/mol. The minimum absolute atomic E-state index is 0.392. The number of fused-ring (bicyclic) bond motifs is 1. The van der Waals surface area contributed by atoms with Crippen LogP contribution >= 0.6 is 22.9 Å². The number of alkyl halides is 1. The highest BCUT2D eigenvalue weighted by Crippen LogP contribution is 2.26. The molecule has 5 nitrogen and oxygen atoms in total. The van der Waals surface area contributed by atoms with Crippen LogP contribution in [0.5, 0.6) is 0 Å². The van der Waals surface area contributed by atoms with E-state index in [9.17, 15) is 0 Å². The molecule has 0 fully saturated rings. The highest BCUT2D eigenvalue weighted by atomic mass is 35.5. The molecule has 102 valence electrons. The number of ether oxygens (including phenoxy) is 1. The lowest BCUT2D eigenvalue weighted by Crippen LogP contribution is -2.29. The van der Waals surface area contributed by atoms with Crippen molar-refractivity contribution in [3.8, 4) is 6.07 Å². The monoisotopic (exact) mass is 298 g/mol. The maximum absolute atomic E-state index is 8.76. The molecule has 0 aromatic carbocycles. The number of thiazole rings is 1. The Morgan fingerprint density at radius 1 is 1.58 bits per heavy atom. The van der Waals surface area contributed by atoms with E-state index in [-0.39, 0.29) is 0 Å². The molecule has 0 atom stereocenters. The van der Waals surface area contributed by atoms with E-state index >= 15 is 0 Å². The summed E-state index contributed by atoms with van der Waals surface area (Å²) in [7, 11) is 1.66. The van der Waals surface area contributed by atoms with Crippen LogP contribution in [0.1, 0.15) is 12.1 Å². The van der Waals surface area contributed by atoms with Gasteiger partial charge in [-0.25, -0.2) is 4.98 Å². The summed E-state index contributed by atoms with van der Waals surface area (Å²) in [6.45, 7) is 1.93. The van der Waals surface area contributed by atoms with E-state index in [4.69, 9.17) is 21.6 Å². The van der Waals surface area contributed by atoms with Crippen molar-refractivity contribution in [2.75, 3.05) is 31.7 Å². The van der Waals surface area contributed by atoms with Gasteiger partial charge in [-0.3, -0.25) is 4.40 Å². The summed E-state index contributed by atoms with van der Waals surface area (Å²) in [4.78, 5) is 7.59. The predicted molar refractivity (Wildman–Crippen MR) is 76.9 cm³/mol. The molecule has 2 rings (SSSR count). The maximum atomic E-state index is 8.76. The highest BCUT2D eigenvalue weighted by Gasteiger charge is 2.18. The molecule has 0 saturated heterocycles. The van der Waals surface area contributed by atoms with Gasteiger partial charge in [-0.1, -0.05) is 0 Å². The number of hydrogen-bond acceptors (Lipinski definition) is 5. The molecule has 7 heteroatoms. The lowest BCUT2D eigenvalue weighted by atomic mass is 10.3. The van der Waals surface area contributed by atoms with Crippen molar-refractivity contribution < 1.29 is 4.74 Å². The number of aromatic nitrogens is 2. The van der Waals surface area contributed by atoms with Gasteiger partial charge in [-0.2, -0.15) is 5.26 Å². The van der Waals surface area contributed by atoms with Crippen LogP contribution in [0.15, 0.2) is 11.6 Å². The standard InChI is InChI=1S/C12H15ClN4OS/c1-18-7-5-16(4-2-3-14)11-10(9-13)17-6-8-19-12(17)15-11/h6,8H,2,4-5,7,9H2,1H3. The van der Waals surface area contributed by atoms with Crippen LogP contribution in [0.2, 0.25) is 0 Å². The Morgan fingerprint density at radius 2 is 2.42 bits per heavy atom. The second-order valence-electron chi connectivity index (χ2n) is 3.96. The fourth-order valence-corrected chi connectivity index (χ4v) is 2.88. The van der Waals surface area contributed by atoms with Crippen molar-refractivity contribution >= 4 is 33.7 Å². The van der Waals surface area contributed by atoms with Gasteiger partial charge in [0.15, 0.2) is 10.8 Å². The van der Waals surface area contributed by atoms with Crippen molar-refractivity contribution in [1.29, 1.82) is 5.26 Å². The second kappa shape index (κ2) is 6.75. The molecule has 0 spiro atoms. The van der Waals surface area contributed by atoms with Crippen molar-refractivity contribution in [3.63, 3.8) is 0 Å². The third-order valence-corrected chi connectivity index (χ3v) is 3.83. The van der Waals surface area contributed by atoms with Gasteiger partial charge >= 0.3 is 0 Å². The molecule has 0 N–H and O–H groups in total. The molecule has 0 aliphatic heterocycles. The summed E-state index contributed by atoms with van der Waals surface area (Å²) >= 11 is 7.62. The third kappa shape index (κ3) is 3.00. The second-order valence-corrected chi connectivity index (χ2v) is 5.10. The lowest BCUT2D eigenvalue weighted by molar-refractivity contribution is 0.205. The molecular weight excluding hydrogens is 284 g/mol. The molecular formula is C12H15ClN4OS. The minimum Gasteiger partial charge on any atom is -0.383 e. The zero-order valence-electron chi connectivity index (χ0n) is 10.7. The Kier molecular flexibility index (Phi) is 5.02. The Bertz CT molecular complexity index is 574. The molecule has 2 aromatic heterocycles. The average Bonchev–Trinajstić information content (AvgIpc) is 2.99. The molecule has 0 unspecified atom stereocenters. The molecule has 0 saturated carbocycles.